The normalized spacial score (nSPS) is 16.0. The highest BCUT2D eigenvalue weighted by atomic mass is 32.2. The molecule has 0 saturated carbocycles. The van der Waals surface area contributed by atoms with Gasteiger partial charge >= 0.3 is 0 Å². The Morgan fingerprint density at radius 1 is 0.608 bits per heavy atom. The van der Waals surface area contributed by atoms with E-state index in [-0.39, 0.29) is 0 Å². The van der Waals surface area contributed by atoms with Gasteiger partial charge in [-0.25, -0.2) is 9.97 Å². The van der Waals surface area contributed by atoms with Gasteiger partial charge in [0, 0.05) is 24.2 Å². The van der Waals surface area contributed by atoms with E-state index in [1.54, 1.807) is 18.2 Å². The van der Waals surface area contributed by atoms with Crippen LogP contribution in [-0.2, 0) is 0 Å². The molecule has 0 N–H and O–H groups in total. The smallest absolute Gasteiger partial charge is 0.221 e. The first kappa shape index (κ1) is 24.6. The first-order valence-corrected chi connectivity index (χ1v) is 21.7. The summed E-state index contributed by atoms with van der Waals surface area (Å²) < 4.78 is 58.9. The summed E-state index contributed by atoms with van der Waals surface area (Å²) in [4.78, 5) is 11.6. The van der Waals surface area contributed by atoms with E-state index in [1.165, 1.54) is 11.8 Å². The van der Waals surface area contributed by atoms with Crippen LogP contribution >= 0.6 is 11.8 Å². The Kier molecular flexibility index (Phi) is 5.57. The van der Waals surface area contributed by atoms with E-state index in [9.17, 15) is 0 Å². The van der Waals surface area contributed by atoms with E-state index in [0.29, 0.717) is 21.1 Å². The molecule has 0 bridgehead atoms. The first-order valence-electron chi connectivity index (χ1n) is 19.9. The fourth-order valence-electron chi connectivity index (χ4n) is 8.05. The molecule has 0 spiro atoms. The minimum Gasteiger partial charge on any atom is -0.276 e. The average Bonchev–Trinajstić information content (AvgIpc) is 3.75. The van der Waals surface area contributed by atoms with Crippen molar-refractivity contribution in [3.05, 3.63) is 170 Å². The molecule has 4 nitrogen and oxygen atoms in total. The molecule has 0 unspecified atom stereocenters. The maximum Gasteiger partial charge on any atom is 0.221 e. The Labute approximate surface area is 311 Å². The molecular weight excluding hydrogens is 673 g/mol. The quantitative estimate of drug-likeness (QED) is 0.151. The van der Waals surface area contributed by atoms with Crippen molar-refractivity contribution >= 4 is 86.9 Å². The molecule has 4 heterocycles. The average molecular weight is 713 g/mol. The van der Waals surface area contributed by atoms with Crippen LogP contribution in [0.3, 0.4) is 0 Å². The van der Waals surface area contributed by atoms with Gasteiger partial charge in [0.05, 0.1) is 22.1 Å². The summed E-state index contributed by atoms with van der Waals surface area (Å²) in [7, 11) is -7.94. The Morgan fingerprint density at radius 3 is 2.02 bits per heavy atom. The van der Waals surface area contributed by atoms with E-state index in [2.05, 4.69) is 69.6 Å². The minimum absolute atomic E-state index is 0.434. The van der Waals surface area contributed by atoms with Crippen molar-refractivity contribution in [2.75, 3.05) is 0 Å². The lowest BCUT2D eigenvalue weighted by Crippen LogP contribution is -2.76. The molecular formula is C44H34N4SSi2. The number of hydrogen-bond donors (Lipinski definition) is 0. The van der Waals surface area contributed by atoms with Gasteiger partial charge in [-0.15, -0.1) is 0 Å². The van der Waals surface area contributed by atoms with Crippen LogP contribution in [0.2, 0.25) is 13.0 Å². The molecule has 3 aromatic heterocycles. The summed E-state index contributed by atoms with van der Waals surface area (Å²) in [5.41, 5.74) is 3.84. The van der Waals surface area contributed by atoms with E-state index in [4.69, 9.17) is 18.2 Å². The molecule has 0 radical (unpaired) electrons. The second-order valence-electron chi connectivity index (χ2n) is 13.0. The van der Waals surface area contributed by atoms with E-state index in [1.807, 2.05) is 91.1 Å². The maximum atomic E-state index is 9.11. The fourth-order valence-corrected chi connectivity index (χ4v) is 17.6. The summed E-state index contributed by atoms with van der Waals surface area (Å²) in [6, 6.07) is 54.4. The van der Waals surface area contributed by atoms with E-state index < -0.39 is 29.1 Å². The zero-order chi connectivity index (χ0) is 39.2. The first-order chi connectivity index (χ1) is 27.6. The van der Waals surface area contributed by atoms with Crippen LogP contribution in [0.4, 0.5) is 0 Å². The lowest BCUT2D eigenvalue weighted by molar-refractivity contribution is 1.04. The molecule has 7 heteroatoms. The third-order valence-corrected chi connectivity index (χ3v) is 19.3. The summed E-state index contributed by atoms with van der Waals surface area (Å²) in [5.74, 6) is 1.43. The minimum atomic E-state index is -4.50. The summed E-state index contributed by atoms with van der Waals surface area (Å²) >= 11 is 1.50. The number of imidazole rings is 2. The third kappa shape index (κ3) is 4.38. The topological polar surface area (TPSA) is 35.1 Å². The van der Waals surface area contributed by atoms with Crippen molar-refractivity contribution in [1.29, 1.82) is 0 Å². The molecule has 9 aromatic rings. The highest BCUT2D eigenvalue weighted by Crippen LogP contribution is 2.34. The number of rotatable bonds is 5. The van der Waals surface area contributed by atoms with Crippen molar-refractivity contribution < 1.29 is 8.22 Å². The van der Waals surface area contributed by atoms with Crippen molar-refractivity contribution in [1.82, 2.24) is 18.9 Å². The predicted molar refractivity (Wildman–Crippen MR) is 218 cm³/mol. The predicted octanol–water partition coefficient (Wildman–Crippen LogP) is 6.49. The molecule has 1 aliphatic heterocycles. The molecule has 0 saturated heterocycles. The molecule has 0 fully saturated rings. The van der Waals surface area contributed by atoms with Crippen molar-refractivity contribution in [3.8, 4) is 5.82 Å². The van der Waals surface area contributed by atoms with Gasteiger partial charge in [0.1, 0.15) is 13.9 Å². The second kappa shape index (κ2) is 11.5. The van der Waals surface area contributed by atoms with Crippen LogP contribution in [0.15, 0.2) is 180 Å². The van der Waals surface area contributed by atoms with Crippen LogP contribution in [0, 0.1) is 0 Å². The number of nitrogens with zero attached hydrogens (tertiary/aromatic N) is 4. The molecule has 0 amide bonds. The van der Waals surface area contributed by atoms with Gasteiger partial charge in [-0.1, -0.05) is 146 Å². The fraction of sp³-hybridized carbons (Fsp3) is 0.0455. The molecule has 51 heavy (non-hydrogen) atoms. The van der Waals surface area contributed by atoms with Crippen LogP contribution in [-0.4, -0.2) is 35.1 Å². The SMILES string of the molecule is [2H]C([2H])([2H])[Si]1(C([2H])([2H])[2H])c2ccccc2Sc2c([Si](c3ccccc3)(c3ccccc3)c3ccnc(-n4c5ccccc5n5c6ccccc6nc45)c3)cccc21. The zero-order valence-electron chi connectivity index (χ0n) is 33.4. The third-order valence-electron chi connectivity index (χ3n) is 10.3. The molecule has 0 aliphatic carbocycles. The number of pyridine rings is 1. The molecule has 244 valence electrons. The van der Waals surface area contributed by atoms with Gasteiger partial charge in [0.15, 0.2) is 8.07 Å². The van der Waals surface area contributed by atoms with Crippen LogP contribution < -0.4 is 31.1 Å². The van der Waals surface area contributed by atoms with E-state index in [0.717, 1.165) is 53.5 Å². The van der Waals surface area contributed by atoms with Crippen LogP contribution in [0.25, 0.3) is 33.7 Å². The van der Waals surface area contributed by atoms with Crippen molar-refractivity contribution in [3.63, 3.8) is 0 Å². The Morgan fingerprint density at radius 2 is 1.25 bits per heavy atom. The number of para-hydroxylation sites is 4. The zero-order valence-corrected chi connectivity index (χ0v) is 30.2. The molecule has 6 aromatic carbocycles. The van der Waals surface area contributed by atoms with Crippen molar-refractivity contribution in [2.24, 2.45) is 0 Å². The lowest BCUT2D eigenvalue weighted by atomic mass is 10.3. The second-order valence-corrected chi connectivity index (χ2v) is 20.4. The monoisotopic (exact) mass is 712 g/mol. The summed E-state index contributed by atoms with van der Waals surface area (Å²) in [5, 5.41) is 4.97. The van der Waals surface area contributed by atoms with Gasteiger partial charge in [-0.3, -0.25) is 8.97 Å². The van der Waals surface area contributed by atoms with Gasteiger partial charge in [0.2, 0.25) is 5.78 Å². The van der Waals surface area contributed by atoms with Gasteiger partial charge in [-0.05, 0) is 73.6 Å². The number of fused-ring (bicyclic) bond motifs is 7. The van der Waals surface area contributed by atoms with Gasteiger partial charge < -0.3 is 0 Å². The Balaban J connectivity index is 1.34. The number of hydrogen-bond acceptors (Lipinski definition) is 3. The van der Waals surface area contributed by atoms with Crippen LogP contribution in [0.5, 0.6) is 0 Å². The van der Waals surface area contributed by atoms with Gasteiger partial charge in [0.25, 0.3) is 0 Å². The summed E-state index contributed by atoms with van der Waals surface area (Å²) in [6.45, 7) is -5.55. The molecule has 10 rings (SSSR count). The summed E-state index contributed by atoms with van der Waals surface area (Å²) in [6.07, 6.45) is 1.86. The number of aromatic nitrogens is 4. The van der Waals surface area contributed by atoms with Gasteiger partial charge in [-0.2, -0.15) is 0 Å². The lowest BCUT2D eigenvalue weighted by Gasteiger charge is -2.40. The van der Waals surface area contributed by atoms with Crippen LogP contribution in [0.1, 0.15) is 8.22 Å². The highest BCUT2D eigenvalue weighted by Gasteiger charge is 2.46. The standard InChI is InChI=1S/C44H34N4SSi2/c1-50(2)39-25-14-13-24-38(39)49-43-40(50)26-15-27-41(43)51(31-16-5-3-6-17-31,32-18-7-4-8-19-32)33-28-29-45-42(30-33)48-37-23-12-11-22-36(37)47-35-21-10-9-20-34(35)46-44(47)48/h3-30H,1-2H3/i1D3,2D3. The number of benzene rings is 6. The maximum absolute atomic E-state index is 9.11. The Bertz CT molecular complexity index is 2950. The van der Waals surface area contributed by atoms with E-state index >= 15 is 0 Å². The Hall–Kier alpha value is -5.48. The van der Waals surface area contributed by atoms with Crippen molar-refractivity contribution in [2.45, 2.75) is 22.7 Å². The highest BCUT2D eigenvalue weighted by molar-refractivity contribution is 8.00. The largest absolute Gasteiger partial charge is 0.276 e. The molecule has 0 atom stereocenters. The molecule has 1 aliphatic rings.